The van der Waals surface area contributed by atoms with Crippen molar-refractivity contribution in [2.75, 3.05) is 25.5 Å². The normalized spacial score (nSPS) is 15.3. The smallest absolute Gasteiger partial charge is 0.337 e. The molecule has 0 spiro atoms. The number of fused-ring (bicyclic) bond motifs is 1. The topological polar surface area (TPSA) is 103 Å². The number of rotatable bonds is 7. The minimum Gasteiger partial charge on any atom is -0.466 e. The van der Waals surface area contributed by atoms with Crippen LogP contribution >= 0.6 is 12.4 Å². The van der Waals surface area contributed by atoms with Gasteiger partial charge in [0.25, 0.3) is 5.69 Å². The van der Waals surface area contributed by atoms with Crippen LogP contribution in [0.3, 0.4) is 0 Å². The van der Waals surface area contributed by atoms with Gasteiger partial charge < -0.3 is 14.6 Å². The number of nitrogens with zero attached hydrogens (tertiary/aromatic N) is 4. The number of nitro groups is 1. The summed E-state index contributed by atoms with van der Waals surface area (Å²) in [6, 6.07) is 5.76. The Balaban J connectivity index is 0.00000320. The molecule has 2 heterocycles. The summed E-state index contributed by atoms with van der Waals surface area (Å²) in [5, 5.41) is 14.5. The molecule has 2 aromatic rings. The third-order valence-electron chi connectivity index (χ3n) is 5.19. The third kappa shape index (κ3) is 4.31. The van der Waals surface area contributed by atoms with E-state index in [9.17, 15) is 14.9 Å². The Morgan fingerprint density at radius 3 is 2.67 bits per heavy atom. The number of hydrogen-bond donors (Lipinski definition) is 1. The summed E-state index contributed by atoms with van der Waals surface area (Å²) in [6.45, 7) is 8.31. The molecule has 1 aliphatic rings. The van der Waals surface area contributed by atoms with Gasteiger partial charge in [0.05, 0.1) is 35.5 Å². The molecule has 1 aromatic carbocycles. The fourth-order valence-corrected chi connectivity index (χ4v) is 3.64. The molecule has 0 amide bonds. The highest BCUT2D eigenvalue weighted by molar-refractivity contribution is 5.92. The van der Waals surface area contributed by atoms with Crippen molar-refractivity contribution in [3.05, 3.63) is 63.1 Å². The Kier molecular flexibility index (Phi) is 7.58. The monoisotopic (exact) mass is 435 g/mol. The van der Waals surface area contributed by atoms with E-state index in [1.165, 1.54) is 19.2 Å². The minimum atomic E-state index is -0.577. The lowest BCUT2D eigenvalue weighted by molar-refractivity contribution is -0.384. The summed E-state index contributed by atoms with van der Waals surface area (Å²) >= 11 is 0. The van der Waals surface area contributed by atoms with E-state index in [0.717, 1.165) is 18.8 Å². The first kappa shape index (κ1) is 23.4. The van der Waals surface area contributed by atoms with Crippen molar-refractivity contribution in [3.63, 3.8) is 0 Å². The first-order valence-corrected chi connectivity index (χ1v) is 9.50. The number of halogens is 1. The van der Waals surface area contributed by atoms with Crippen LogP contribution in [0.5, 0.6) is 0 Å². The van der Waals surface area contributed by atoms with Crippen LogP contribution in [-0.2, 0) is 16.1 Å². The molecule has 30 heavy (non-hydrogen) atoms. The quantitative estimate of drug-likeness (QED) is 0.403. The Hall–Kier alpha value is -2.91. The maximum atomic E-state index is 12.7. The van der Waals surface area contributed by atoms with E-state index < -0.39 is 16.9 Å². The van der Waals surface area contributed by atoms with Gasteiger partial charge in [-0.25, -0.2) is 9.78 Å². The first-order chi connectivity index (χ1) is 13.9. The number of carbonyl (C=O) groups excluding carboxylic acids is 1. The SMILES string of the molecule is CCN(CC)Cc1cnc2n1C(c1cccc([N+](=O)[O-])c1)C(C(=O)OC)=C(C)N2.Cl. The number of aromatic nitrogens is 2. The van der Waals surface area contributed by atoms with Crippen LogP contribution in [0.25, 0.3) is 0 Å². The number of nitro benzene ring substituents is 1. The molecule has 162 valence electrons. The van der Waals surface area contributed by atoms with Gasteiger partial charge in [-0.2, -0.15) is 0 Å². The molecule has 0 saturated carbocycles. The molecular formula is C20H26ClN5O4. The average molecular weight is 436 g/mol. The lowest BCUT2D eigenvalue weighted by Gasteiger charge is -2.31. The minimum absolute atomic E-state index is 0. The van der Waals surface area contributed by atoms with Crippen LogP contribution in [0.15, 0.2) is 41.7 Å². The summed E-state index contributed by atoms with van der Waals surface area (Å²) in [5.74, 6) is 0.105. The van der Waals surface area contributed by atoms with Gasteiger partial charge in [-0.1, -0.05) is 26.0 Å². The van der Waals surface area contributed by atoms with E-state index >= 15 is 0 Å². The molecular weight excluding hydrogens is 410 g/mol. The predicted octanol–water partition coefficient (Wildman–Crippen LogP) is 3.52. The number of methoxy groups -OCH3 is 1. The number of non-ortho nitro benzene ring substituents is 1. The summed E-state index contributed by atoms with van der Waals surface area (Å²) in [6.07, 6.45) is 1.78. The van der Waals surface area contributed by atoms with E-state index in [1.807, 2.05) is 4.57 Å². The third-order valence-corrected chi connectivity index (χ3v) is 5.19. The number of hydrogen-bond acceptors (Lipinski definition) is 7. The summed E-state index contributed by atoms with van der Waals surface area (Å²) in [4.78, 5) is 30.3. The van der Waals surface area contributed by atoms with E-state index in [-0.39, 0.29) is 18.1 Å². The zero-order valence-corrected chi connectivity index (χ0v) is 18.2. The highest BCUT2D eigenvalue weighted by Gasteiger charge is 2.35. The van der Waals surface area contributed by atoms with Crippen molar-refractivity contribution in [2.24, 2.45) is 0 Å². The molecule has 0 radical (unpaired) electrons. The second-order valence-corrected chi connectivity index (χ2v) is 6.81. The van der Waals surface area contributed by atoms with E-state index in [1.54, 1.807) is 25.3 Å². The molecule has 1 aliphatic heterocycles. The summed E-state index contributed by atoms with van der Waals surface area (Å²) < 4.78 is 6.96. The van der Waals surface area contributed by atoms with Crippen molar-refractivity contribution in [1.82, 2.24) is 14.5 Å². The molecule has 1 aromatic heterocycles. The Labute approximate surface area is 181 Å². The number of nitrogens with one attached hydrogen (secondary N) is 1. The van der Waals surface area contributed by atoms with Crippen molar-refractivity contribution >= 4 is 30.0 Å². The molecule has 1 atom stereocenters. The van der Waals surface area contributed by atoms with E-state index in [0.29, 0.717) is 29.3 Å². The molecule has 1 unspecified atom stereocenters. The summed E-state index contributed by atoms with van der Waals surface area (Å²) in [7, 11) is 1.33. The Morgan fingerprint density at radius 2 is 2.07 bits per heavy atom. The lowest BCUT2D eigenvalue weighted by atomic mass is 9.94. The number of ether oxygens (including phenoxy) is 1. The highest BCUT2D eigenvalue weighted by atomic mass is 35.5. The van der Waals surface area contributed by atoms with Crippen molar-refractivity contribution in [3.8, 4) is 0 Å². The van der Waals surface area contributed by atoms with Crippen molar-refractivity contribution in [1.29, 1.82) is 0 Å². The Bertz CT molecular complexity index is 968. The number of benzene rings is 1. The van der Waals surface area contributed by atoms with Gasteiger partial charge in [0.1, 0.15) is 0 Å². The lowest BCUT2D eigenvalue weighted by Crippen LogP contribution is -2.31. The van der Waals surface area contributed by atoms with Gasteiger partial charge in [0.2, 0.25) is 5.95 Å². The zero-order chi connectivity index (χ0) is 21.1. The number of carbonyl (C=O) groups is 1. The number of imidazole rings is 1. The van der Waals surface area contributed by atoms with E-state index in [2.05, 4.69) is 29.0 Å². The predicted molar refractivity (Wildman–Crippen MR) is 116 cm³/mol. The van der Waals surface area contributed by atoms with Crippen LogP contribution in [0.4, 0.5) is 11.6 Å². The molecule has 1 N–H and O–H groups in total. The molecule has 10 heteroatoms. The fourth-order valence-electron chi connectivity index (χ4n) is 3.64. The van der Waals surface area contributed by atoms with Crippen LogP contribution in [0, 0.1) is 10.1 Å². The first-order valence-electron chi connectivity index (χ1n) is 9.50. The van der Waals surface area contributed by atoms with Crippen molar-refractivity contribution in [2.45, 2.75) is 33.4 Å². The molecule has 0 saturated heterocycles. The Morgan fingerprint density at radius 1 is 1.37 bits per heavy atom. The van der Waals surface area contributed by atoms with Gasteiger partial charge in [-0.15, -0.1) is 12.4 Å². The molecule has 0 fully saturated rings. The average Bonchev–Trinajstić information content (AvgIpc) is 3.12. The highest BCUT2D eigenvalue weighted by Crippen LogP contribution is 2.38. The molecule has 0 aliphatic carbocycles. The second-order valence-electron chi connectivity index (χ2n) is 6.81. The molecule has 9 nitrogen and oxygen atoms in total. The van der Waals surface area contributed by atoms with Crippen LogP contribution in [0.2, 0.25) is 0 Å². The second kappa shape index (κ2) is 9.73. The molecule has 3 rings (SSSR count). The largest absolute Gasteiger partial charge is 0.466 e. The van der Waals surface area contributed by atoms with E-state index in [4.69, 9.17) is 4.74 Å². The number of allylic oxidation sites excluding steroid dienone is 1. The van der Waals surface area contributed by atoms with Crippen LogP contribution in [0.1, 0.15) is 38.1 Å². The summed E-state index contributed by atoms with van der Waals surface area (Å²) in [5.41, 5.74) is 2.51. The van der Waals surface area contributed by atoms with Crippen molar-refractivity contribution < 1.29 is 14.5 Å². The molecule has 0 bridgehead atoms. The van der Waals surface area contributed by atoms with Gasteiger partial charge in [-0.05, 0) is 25.6 Å². The number of esters is 1. The van der Waals surface area contributed by atoms with Gasteiger partial charge >= 0.3 is 5.97 Å². The maximum Gasteiger partial charge on any atom is 0.337 e. The fraction of sp³-hybridized carbons (Fsp3) is 0.400. The van der Waals surface area contributed by atoms with Crippen LogP contribution in [-0.4, -0.2) is 45.5 Å². The van der Waals surface area contributed by atoms with Gasteiger partial charge in [0.15, 0.2) is 0 Å². The van der Waals surface area contributed by atoms with Gasteiger partial charge in [-0.3, -0.25) is 15.0 Å². The van der Waals surface area contributed by atoms with Crippen LogP contribution < -0.4 is 5.32 Å². The zero-order valence-electron chi connectivity index (χ0n) is 17.4. The maximum absolute atomic E-state index is 12.7. The number of anilines is 1. The van der Waals surface area contributed by atoms with Gasteiger partial charge in [0, 0.05) is 24.4 Å². The standard InChI is InChI=1S/C20H25N5O4.ClH/c1-5-23(6-2)12-16-11-21-20-22-13(3)17(19(26)29-4)18(24(16)20)14-8-7-9-15(10-14)25(27)28;/h7-11,18H,5-6,12H2,1-4H3,(H,21,22);1H.